The zero-order valence-corrected chi connectivity index (χ0v) is 24.2. The summed E-state index contributed by atoms with van der Waals surface area (Å²) >= 11 is 0. The average Bonchev–Trinajstić information content (AvgIpc) is 3.32. The Morgan fingerprint density at radius 2 is 1.98 bits per heavy atom. The summed E-state index contributed by atoms with van der Waals surface area (Å²) in [4.78, 5) is 4.83. The van der Waals surface area contributed by atoms with Gasteiger partial charge in [0.25, 0.3) is 5.92 Å². The molecule has 0 spiro atoms. The van der Waals surface area contributed by atoms with Gasteiger partial charge in [-0.15, -0.1) is 10.2 Å². The SMILES string of the molecule is C=CN(/C=C1/C(C(F)(F)F)=CC(CN2CCC(F)(F)C(C)C2)=CN1C)c1cccc(C(c2nncn2C)C2CCC2)c1. The molecule has 0 bridgehead atoms. The number of likely N-dealkylation sites (tertiary alicyclic amines) is 1. The van der Waals surface area contributed by atoms with Crippen LogP contribution >= 0.6 is 0 Å². The van der Waals surface area contributed by atoms with Gasteiger partial charge in [-0.1, -0.05) is 32.1 Å². The third-order valence-electron chi connectivity index (χ3n) is 8.70. The van der Waals surface area contributed by atoms with Crippen molar-refractivity contribution in [1.82, 2.24) is 24.6 Å². The summed E-state index contributed by atoms with van der Waals surface area (Å²) in [5.41, 5.74) is 1.27. The molecule has 1 aliphatic carbocycles. The highest BCUT2D eigenvalue weighted by Gasteiger charge is 2.42. The van der Waals surface area contributed by atoms with Gasteiger partial charge in [-0.25, -0.2) is 8.78 Å². The predicted octanol–water partition coefficient (Wildman–Crippen LogP) is 6.83. The molecule has 0 N–H and O–H groups in total. The number of nitrogens with zero attached hydrogens (tertiary/aromatic N) is 6. The molecule has 2 aromatic rings. The number of likely N-dealkylation sites (N-methyl/N-ethyl adjacent to an activating group) is 1. The maximum Gasteiger partial charge on any atom is 0.418 e. The minimum absolute atomic E-state index is 0.0245. The van der Waals surface area contributed by atoms with E-state index in [1.54, 1.807) is 29.4 Å². The van der Waals surface area contributed by atoms with Crippen LogP contribution in [0.2, 0.25) is 0 Å². The first kappa shape index (κ1) is 30.0. The summed E-state index contributed by atoms with van der Waals surface area (Å²) in [5, 5.41) is 8.44. The third kappa shape index (κ3) is 6.16. The first-order valence-electron chi connectivity index (χ1n) is 14.3. The molecule has 5 rings (SSSR count). The second-order valence-electron chi connectivity index (χ2n) is 11.7. The zero-order chi connectivity index (χ0) is 30.2. The smallest absolute Gasteiger partial charge is 0.349 e. The van der Waals surface area contributed by atoms with Crippen LogP contribution in [0, 0.1) is 11.8 Å². The molecule has 1 aromatic carbocycles. The number of alkyl halides is 5. The van der Waals surface area contributed by atoms with Crippen LogP contribution in [-0.4, -0.2) is 63.3 Å². The standard InChI is InChI=1S/C31H37F5N6/c1-5-42(25-11-7-10-24(15-25)28(23-8-6-9-23)29-38-37-20-40(29)4)19-27-26(31(34,35)36)14-22(17-39(27)3)18-41-13-12-30(32,33)21(2)16-41/h5,7,10-11,14-15,17,19-21,23,28H,1,6,8-9,12-13,16,18H2,2-4H3/b27-19-. The minimum atomic E-state index is -4.63. The van der Waals surface area contributed by atoms with Crippen molar-refractivity contribution in [1.29, 1.82) is 0 Å². The molecule has 3 aliphatic rings. The number of allylic oxidation sites excluding steroid dienone is 1. The van der Waals surface area contributed by atoms with E-state index in [2.05, 4.69) is 16.8 Å². The molecule has 2 aliphatic heterocycles. The highest BCUT2D eigenvalue weighted by atomic mass is 19.4. The van der Waals surface area contributed by atoms with E-state index >= 15 is 0 Å². The Morgan fingerprint density at radius 3 is 2.57 bits per heavy atom. The van der Waals surface area contributed by atoms with Gasteiger partial charge in [0.2, 0.25) is 0 Å². The van der Waals surface area contributed by atoms with Crippen LogP contribution < -0.4 is 4.90 Å². The normalized spacial score (nSPS) is 23.3. The van der Waals surface area contributed by atoms with Crippen molar-refractivity contribution in [3.8, 4) is 0 Å². The molecule has 1 aromatic heterocycles. The average molecular weight is 589 g/mol. The van der Waals surface area contributed by atoms with Gasteiger partial charge in [0.15, 0.2) is 0 Å². The lowest BCUT2D eigenvalue weighted by molar-refractivity contribution is -0.0973. The summed E-state index contributed by atoms with van der Waals surface area (Å²) in [6, 6.07) is 7.74. The molecule has 1 saturated heterocycles. The number of hydrogen-bond acceptors (Lipinski definition) is 5. The van der Waals surface area contributed by atoms with Gasteiger partial charge in [0, 0.05) is 76.3 Å². The lowest BCUT2D eigenvalue weighted by Gasteiger charge is -2.38. The van der Waals surface area contributed by atoms with Gasteiger partial charge in [-0.3, -0.25) is 4.90 Å². The highest BCUT2D eigenvalue weighted by Crippen LogP contribution is 2.44. The molecule has 2 atom stereocenters. The van der Waals surface area contributed by atoms with Crippen molar-refractivity contribution in [3.05, 3.63) is 90.1 Å². The first-order valence-corrected chi connectivity index (χ1v) is 14.3. The van der Waals surface area contributed by atoms with Crippen molar-refractivity contribution >= 4 is 5.69 Å². The monoisotopic (exact) mass is 588 g/mol. The van der Waals surface area contributed by atoms with Crippen molar-refractivity contribution in [2.75, 3.05) is 31.6 Å². The Hall–Kier alpha value is -3.47. The molecular formula is C31H37F5N6. The van der Waals surface area contributed by atoms with Crippen LogP contribution in [0.15, 0.2) is 78.7 Å². The van der Waals surface area contributed by atoms with E-state index in [1.165, 1.54) is 24.2 Å². The topological polar surface area (TPSA) is 40.4 Å². The largest absolute Gasteiger partial charge is 0.418 e. The van der Waals surface area contributed by atoms with E-state index in [-0.39, 0.29) is 37.7 Å². The van der Waals surface area contributed by atoms with Crippen LogP contribution in [-0.2, 0) is 7.05 Å². The maximum absolute atomic E-state index is 14.4. The van der Waals surface area contributed by atoms with Gasteiger partial charge in [0.1, 0.15) is 12.2 Å². The van der Waals surface area contributed by atoms with Gasteiger partial charge in [0.05, 0.1) is 11.3 Å². The van der Waals surface area contributed by atoms with Gasteiger partial charge >= 0.3 is 6.18 Å². The lowest BCUT2D eigenvalue weighted by Crippen LogP contribution is -2.46. The second-order valence-corrected chi connectivity index (χ2v) is 11.7. The molecule has 11 heteroatoms. The third-order valence-corrected chi connectivity index (χ3v) is 8.70. The molecule has 42 heavy (non-hydrogen) atoms. The number of rotatable bonds is 8. The molecule has 2 fully saturated rings. The fourth-order valence-corrected chi connectivity index (χ4v) is 6.07. The van der Waals surface area contributed by atoms with E-state index < -0.39 is 23.6 Å². The number of benzene rings is 1. The Labute approximate surface area is 243 Å². The van der Waals surface area contributed by atoms with Crippen LogP contribution in [0.25, 0.3) is 0 Å². The van der Waals surface area contributed by atoms with Crippen molar-refractivity contribution in [2.24, 2.45) is 18.9 Å². The quantitative estimate of drug-likeness (QED) is 0.316. The van der Waals surface area contributed by atoms with Gasteiger partial charge in [-0.05, 0) is 48.1 Å². The summed E-state index contributed by atoms with van der Waals surface area (Å²) in [6.07, 6.45) is 5.74. The molecular weight excluding hydrogens is 551 g/mol. The molecule has 2 unspecified atom stereocenters. The molecule has 226 valence electrons. The number of halogens is 5. The highest BCUT2D eigenvalue weighted by molar-refractivity contribution is 5.57. The number of aromatic nitrogens is 3. The molecule has 6 nitrogen and oxygen atoms in total. The number of aryl methyl sites for hydroxylation is 1. The number of hydrogen-bond donors (Lipinski definition) is 0. The molecule has 3 heterocycles. The van der Waals surface area contributed by atoms with E-state index in [1.807, 2.05) is 35.9 Å². The fourth-order valence-electron chi connectivity index (χ4n) is 6.07. The first-order chi connectivity index (χ1) is 19.9. The van der Waals surface area contributed by atoms with E-state index in [0.717, 1.165) is 36.7 Å². The van der Waals surface area contributed by atoms with E-state index in [9.17, 15) is 22.0 Å². The summed E-state index contributed by atoms with van der Waals surface area (Å²) < 4.78 is 73.0. The minimum Gasteiger partial charge on any atom is -0.349 e. The Bertz CT molecular complexity index is 1390. The summed E-state index contributed by atoms with van der Waals surface area (Å²) in [5.74, 6) is -2.31. The van der Waals surface area contributed by atoms with Crippen LogP contribution in [0.3, 0.4) is 0 Å². The van der Waals surface area contributed by atoms with Crippen molar-refractivity contribution in [2.45, 2.75) is 50.6 Å². The molecule has 0 radical (unpaired) electrons. The lowest BCUT2D eigenvalue weighted by atomic mass is 9.72. The van der Waals surface area contributed by atoms with Gasteiger partial charge < -0.3 is 14.4 Å². The zero-order valence-electron chi connectivity index (χ0n) is 24.2. The van der Waals surface area contributed by atoms with Gasteiger partial charge in [-0.2, -0.15) is 13.2 Å². The fraction of sp³-hybridized carbons (Fsp3) is 0.484. The van der Waals surface area contributed by atoms with Crippen molar-refractivity contribution < 1.29 is 22.0 Å². The number of piperidine rings is 1. The van der Waals surface area contributed by atoms with Crippen LogP contribution in [0.5, 0.6) is 0 Å². The summed E-state index contributed by atoms with van der Waals surface area (Å²) in [7, 11) is 3.48. The molecule has 1 saturated carbocycles. The Morgan fingerprint density at radius 1 is 1.21 bits per heavy atom. The summed E-state index contributed by atoms with van der Waals surface area (Å²) in [6.45, 7) is 5.78. The van der Waals surface area contributed by atoms with Crippen LogP contribution in [0.1, 0.15) is 49.9 Å². The number of anilines is 1. The Kier molecular flexibility index (Phi) is 8.33. The van der Waals surface area contributed by atoms with E-state index in [4.69, 9.17) is 0 Å². The maximum atomic E-state index is 14.4. The predicted molar refractivity (Wildman–Crippen MR) is 153 cm³/mol. The second kappa shape index (κ2) is 11.7. The Balaban J connectivity index is 1.43. The molecule has 0 amide bonds. The van der Waals surface area contributed by atoms with E-state index in [0.29, 0.717) is 17.2 Å². The van der Waals surface area contributed by atoms with Crippen LogP contribution in [0.4, 0.5) is 27.6 Å². The van der Waals surface area contributed by atoms with Crippen molar-refractivity contribution in [3.63, 3.8) is 0 Å².